The number of nitriles is 1. The van der Waals surface area contributed by atoms with Crippen molar-refractivity contribution in [3.05, 3.63) is 105 Å². The van der Waals surface area contributed by atoms with Gasteiger partial charge < -0.3 is 10.0 Å². The topological polar surface area (TPSA) is 128 Å². The molecule has 44 heavy (non-hydrogen) atoms. The molecule has 2 aliphatic rings. The van der Waals surface area contributed by atoms with Gasteiger partial charge in [-0.05, 0) is 72.2 Å². The van der Waals surface area contributed by atoms with E-state index >= 15 is 0 Å². The summed E-state index contributed by atoms with van der Waals surface area (Å²) in [5.74, 6) is -2.11. The highest BCUT2D eigenvalue weighted by molar-refractivity contribution is 7.88. The molecule has 0 unspecified atom stereocenters. The second-order valence-electron chi connectivity index (χ2n) is 12.0. The number of carbonyl (C=O) groups is 2. The average molecular weight is 655 g/mol. The Balaban J connectivity index is 1.57. The first-order chi connectivity index (χ1) is 20.9. The number of nitrogens with zero attached hydrogens (tertiary/aromatic N) is 2. The molecule has 2 N–H and O–H groups in total. The molecule has 0 spiro atoms. The van der Waals surface area contributed by atoms with Crippen molar-refractivity contribution in [1.82, 2.24) is 9.62 Å². The maximum atomic E-state index is 14.5. The van der Waals surface area contributed by atoms with E-state index in [4.69, 9.17) is 23.2 Å². The summed E-state index contributed by atoms with van der Waals surface area (Å²) in [6.07, 6.45) is 1.49. The maximum Gasteiger partial charge on any atom is 0.304 e. The van der Waals surface area contributed by atoms with Crippen LogP contribution in [0.4, 0.5) is 0 Å². The number of hydrogen-bond donors (Lipinski definition) is 2. The van der Waals surface area contributed by atoms with Crippen LogP contribution in [-0.4, -0.2) is 42.9 Å². The number of sulfonamides is 1. The summed E-state index contributed by atoms with van der Waals surface area (Å²) >= 11 is 12.7. The number of carboxylic acid groups (broad SMARTS) is 1. The lowest BCUT2D eigenvalue weighted by Crippen LogP contribution is -2.59. The fourth-order valence-electron chi connectivity index (χ4n) is 6.44. The van der Waals surface area contributed by atoms with E-state index in [1.54, 1.807) is 54.3 Å². The average Bonchev–Trinajstić information content (AvgIpc) is 3.81. The third-order valence-electron chi connectivity index (χ3n) is 8.65. The Bertz CT molecular complexity index is 1700. The van der Waals surface area contributed by atoms with Gasteiger partial charge in [0.2, 0.25) is 15.9 Å². The molecule has 11 heteroatoms. The van der Waals surface area contributed by atoms with Crippen LogP contribution >= 0.6 is 23.2 Å². The monoisotopic (exact) mass is 653 g/mol. The van der Waals surface area contributed by atoms with E-state index in [2.05, 4.69) is 4.72 Å². The second-order valence-corrected chi connectivity index (χ2v) is 14.7. The summed E-state index contributed by atoms with van der Waals surface area (Å²) in [6, 6.07) is 22.1. The normalized spacial score (nSPS) is 22.8. The lowest BCUT2D eigenvalue weighted by Gasteiger charge is -2.52. The van der Waals surface area contributed by atoms with Crippen LogP contribution in [0.2, 0.25) is 10.0 Å². The highest BCUT2D eigenvalue weighted by atomic mass is 35.5. The molecule has 1 aliphatic carbocycles. The number of benzene rings is 3. The Morgan fingerprint density at radius 1 is 1.07 bits per heavy atom. The summed E-state index contributed by atoms with van der Waals surface area (Å²) < 4.78 is 29.4. The van der Waals surface area contributed by atoms with Gasteiger partial charge >= 0.3 is 5.97 Å². The van der Waals surface area contributed by atoms with Gasteiger partial charge in [0.25, 0.3) is 0 Å². The largest absolute Gasteiger partial charge is 0.481 e. The standard InChI is InChI=1S/C33H33Cl2N3O5S/c1-33(17-30(39)40)16-28(23-7-4-8-27(35)15-23)31(22-11-13-26(34)14-12-22)38(32(33)41)29(21-9-10-21)19-37-44(42,43)20-25-6-3-2-5-24(25)18-36/h2-8,11-15,21,28-29,31,37H,9-10,16-17,19-20H2,1H3,(H,39,40)/t28-,29+,31+,33+/m0/s1. The van der Waals surface area contributed by atoms with Crippen LogP contribution in [0.3, 0.4) is 0 Å². The summed E-state index contributed by atoms with van der Waals surface area (Å²) in [7, 11) is -3.90. The number of halogens is 2. The van der Waals surface area contributed by atoms with E-state index in [0.717, 1.165) is 24.0 Å². The first-order valence-corrected chi connectivity index (χ1v) is 16.8. The molecule has 1 saturated carbocycles. The molecule has 0 radical (unpaired) electrons. The SMILES string of the molecule is C[C@]1(CC(=O)O)C[C@@H](c2cccc(Cl)c2)[C@@H](c2ccc(Cl)cc2)N([C@H](CNS(=O)(=O)Cc2ccccc2C#N)C2CC2)C1=O. The quantitative estimate of drug-likeness (QED) is 0.250. The zero-order chi connectivity index (χ0) is 31.6. The van der Waals surface area contributed by atoms with E-state index in [1.807, 2.05) is 36.4 Å². The van der Waals surface area contributed by atoms with Crippen molar-refractivity contribution in [1.29, 1.82) is 5.26 Å². The van der Waals surface area contributed by atoms with E-state index in [-0.39, 0.29) is 48.4 Å². The zero-order valence-electron chi connectivity index (χ0n) is 24.1. The van der Waals surface area contributed by atoms with E-state index in [1.165, 1.54) is 0 Å². The van der Waals surface area contributed by atoms with Gasteiger partial charge in [0, 0.05) is 28.5 Å². The highest BCUT2D eigenvalue weighted by Crippen LogP contribution is 2.54. The molecule has 2 fully saturated rings. The molecule has 1 saturated heterocycles. The first kappa shape index (κ1) is 32.0. The third-order valence-corrected chi connectivity index (χ3v) is 10.4. The fourth-order valence-corrected chi connectivity index (χ4v) is 7.95. The van der Waals surface area contributed by atoms with Gasteiger partial charge in [-0.1, -0.05) is 72.6 Å². The van der Waals surface area contributed by atoms with Gasteiger partial charge in [-0.2, -0.15) is 5.26 Å². The van der Waals surface area contributed by atoms with Crippen molar-refractivity contribution in [3.8, 4) is 6.07 Å². The molecule has 0 aromatic heterocycles. The van der Waals surface area contributed by atoms with Crippen LogP contribution < -0.4 is 4.72 Å². The molecule has 4 atom stereocenters. The molecule has 0 bridgehead atoms. The predicted octanol–water partition coefficient (Wildman–Crippen LogP) is 6.30. The molecule has 3 aromatic carbocycles. The minimum Gasteiger partial charge on any atom is -0.481 e. The molecule has 1 amide bonds. The maximum absolute atomic E-state index is 14.5. The Kier molecular flexibility index (Phi) is 9.38. The molecule has 8 nitrogen and oxygen atoms in total. The van der Waals surface area contributed by atoms with Crippen LogP contribution in [-0.2, 0) is 25.4 Å². The number of rotatable bonds is 11. The van der Waals surface area contributed by atoms with Crippen molar-refractivity contribution in [3.63, 3.8) is 0 Å². The number of nitrogens with one attached hydrogen (secondary N) is 1. The molecule has 1 aliphatic heterocycles. The van der Waals surface area contributed by atoms with Crippen molar-refractivity contribution < 1.29 is 23.1 Å². The minimum absolute atomic E-state index is 0.0232. The smallest absolute Gasteiger partial charge is 0.304 e. The second kappa shape index (κ2) is 12.9. The first-order valence-electron chi connectivity index (χ1n) is 14.4. The summed E-state index contributed by atoms with van der Waals surface area (Å²) in [5, 5.41) is 20.4. The van der Waals surface area contributed by atoms with E-state index in [9.17, 15) is 28.4 Å². The number of likely N-dealkylation sites (tertiary alicyclic amines) is 1. The van der Waals surface area contributed by atoms with Crippen LogP contribution in [0.15, 0.2) is 72.8 Å². The Labute approximate surface area is 267 Å². The molecule has 5 rings (SSSR count). The van der Waals surface area contributed by atoms with Crippen molar-refractivity contribution >= 4 is 45.1 Å². The number of amides is 1. The van der Waals surface area contributed by atoms with Gasteiger partial charge in [0.05, 0.1) is 35.3 Å². The van der Waals surface area contributed by atoms with Crippen molar-refractivity contribution in [2.24, 2.45) is 11.3 Å². The molecule has 3 aromatic rings. The fraction of sp³-hybridized carbons (Fsp3) is 0.364. The number of carbonyl (C=O) groups excluding carboxylic acids is 1. The minimum atomic E-state index is -3.90. The predicted molar refractivity (Wildman–Crippen MR) is 169 cm³/mol. The Morgan fingerprint density at radius 2 is 1.77 bits per heavy atom. The zero-order valence-corrected chi connectivity index (χ0v) is 26.4. The number of carboxylic acids is 1. The van der Waals surface area contributed by atoms with Gasteiger partial charge in [-0.25, -0.2) is 13.1 Å². The number of piperidine rings is 1. The number of aliphatic carboxylic acids is 1. The van der Waals surface area contributed by atoms with Crippen molar-refractivity contribution in [2.75, 3.05) is 6.54 Å². The molecular formula is C33H33Cl2N3O5S. The van der Waals surface area contributed by atoms with Gasteiger partial charge in [-0.15, -0.1) is 0 Å². The Morgan fingerprint density at radius 3 is 2.41 bits per heavy atom. The van der Waals surface area contributed by atoms with E-state index < -0.39 is 33.5 Å². The molecule has 1 heterocycles. The van der Waals surface area contributed by atoms with Gasteiger partial charge in [0.15, 0.2) is 0 Å². The van der Waals surface area contributed by atoms with Crippen molar-refractivity contribution in [2.45, 2.75) is 56.4 Å². The van der Waals surface area contributed by atoms with E-state index in [0.29, 0.717) is 15.6 Å². The Hall–Kier alpha value is -3.42. The molecule has 230 valence electrons. The van der Waals surface area contributed by atoms with Crippen LogP contribution in [0, 0.1) is 22.7 Å². The lowest BCUT2D eigenvalue weighted by molar-refractivity contribution is -0.161. The molecular weight excluding hydrogens is 621 g/mol. The van der Waals surface area contributed by atoms with Gasteiger partial charge in [-0.3, -0.25) is 9.59 Å². The summed E-state index contributed by atoms with van der Waals surface area (Å²) in [6.45, 7) is 1.63. The summed E-state index contributed by atoms with van der Waals surface area (Å²) in [5.41, 5.74) is 1.07. The van der Waals surface area contributed by atoms with Crippen LogP contribution in [0.1, 0.15) is 66.8 Å². The van der Waals surface area contributed by atoms with Crippen LogP contribution in [0.25, 0.3) is 0 Å². The van der Waals surface area contributed by atoms with Crippen LogP contribution in [0.5, 0.6) is 0 Å². The lowest BCUT2D eigenvalue weighted by atomic mass is 9.67. The highest BCUT2D eigenvalue weighted by Gasteiger charge is 2.54. The number of hydrogen-bond acceptors (Lipinski definition) is 5. The summed E-state index contributed by atoms with van der Waals surface area (Å²) in [4.78, 5) is 28.4. The third kappa shape index (κ3) is 7.10. The van der Waals surface area contributed by atoms with Gasteiger partial charge in [0.1, 0.15) is 0 Å².